The second kappa shape index (κ2) is 6.32. The highest BCUT2D eigenvalue weighted by molar-refractivity contribution is 6.02. The lowest BCUT2D eigenvalue weighted by Gasteiger charge is -2.37. The molecule has 3 amide bonds. The molecule has 0 saturated carbocycles. The zero-order valence-electron chi connectivity index (χ0n) is 11.7. The molecule has 0 bridgehead atoms. The van der Waals surface area contributed by atoms with E-state index in [-0.39, 0.29) is 18.2 Å². The Bertz CT molecular complexity index is 399. The fourth-order valence-corrected chi connectivity index (χ4v) is 2.76. The highest BCUT2D eigenvalue weighted by Gasteiger charge is 2.41. The van der Waals surface area contributed by atoms with E-state index in [2.05, 4.69) is 16.0 Å². The first-order valence-corrected chi connectivity index (χ1v) is 6.92. The smallest absolute Gasteiger partial charge is 0.249 e. The van der Waals surface area contributed by atoms with E-state index in [0.717, 1.165) is 13.1 Å². The van der Waals surface area contributed by atoms with Gasteiger partial charge in [0.15, 0.2) is 0 Å². The Morgan fingerprint density at radius 1 is 1.40 bits per heavy atom. The van der Waals surface area contributed by atoms with Crippen LogP contribution in [0.5, 0.6) is 0 Å². The zero-order valence-corrected chi connectivity index (χ0v) is 11.7. The van der Waals surface area contributed by atoms with Crippen molar-refractivity contribution in [1.82, 2.24) is 16.0 Å². The third kappa shape index (κ3) is 3.16. The fourth-order valence-electron chi connectivity index (χ4n) is 2.76. The van der Waals surface area contributed by atoms with Gasteiger partial charge in [0.1, 0.15) is 6.04 Å². The van der Waals surface area contributed by atoms with Crippen LogP contribution in [0.4, 0.5) is 0 Å². The lowest BCUT2D eigenvalue weighted by Crippen LogP contribution is -2.57. The largest absolute Gasteiger partial charge is 0.384 e. The quantitative estimate of drug-likeness (QED) is 0.571. The monoisotopic (exact) mass is 283 g/mol. The van der Waals surface area contributed by atoms with Crippen molar-refractivity contribution in [2.24, 2.45) is 5.41 Å². The minimum absolute atomic E-state index is 0.157. The summed E-state index contributed by atoms with van der Waals surface area (Å²) in [7, 11) is 1.57. The van der Waals surface area contributed by atoms with Crippen LogP contribution in [0.25, 0.3) is 0 Å². The van der Waals surface area contributed by atoms with Crippen molar-refractivity contribution in [3.05, 3.63) is 0 Å². The van der Waals surface area contributed by atoms with Crippen molar-refractivity contribution >= 4 is 17.7 Å². The molecule has 2 fully saturated rings. The summed E-state index contributed by atoms with van der Waals surface area (Å²) < 4.78 is 5.20. The first-order valence-electron chi connectivity index (χ1n) is 6.92. The van der Waals surface area contributed by atoms with Crippen LogP contribution in [0.15, 0.2) is 0 Å². The maximum atomic E-state index is 12.5. The molecule has 7 heteroatoms. The number of hydrogen-bond donors (Lipinski definition) is 3. The predicted molar refractivity (Wildman–Crippen MR) is 70.7 cm³/mol. The molecule has 0 aliphatic carbocycles. The SMILES string of the molecule is COCC1(C(=O)NC2CCC(=O)NC2=O)CCNCC1. The number of carbonyl (C=O) groups excluding carboxylic acids is 3. The molecule has 2 aliphatic heterocycles. The van der Waals surface area contributed by atoms with Crippen LogP contribution in [0, 0.1) is 5.41 Å². The number of amides is 3. The zero-order chi connectivity index (χ0) is 14.6. The lowest BCUT2D eigenvalue weighted by atomic mass is 9.78. The molecule has 0 spiro atoms. The van der Waals surface area contributed by atoms with Crippen LogP contribution >= 0.6 is 0 Å². The summed E-state index contributed by atoms with van der Waals surface area (Å²) in [5, 5.41) is 8.23. The maximum absolute atomic E-state index is 12.5. The summed E-state index contributed by atoms with van der Waals surface area (Å²) in [5.41, 5.74) is -0.582. The highest BCUT2D eigenvalue weighted by Crippen LogP contribution is 2.29. The standard InChI is InChI=1S/C13H21N3O4/c1-20-8-13(4-6-14-7-5-13)12(19)15-9-2-3-10(17)16-11(9)18/h9,14H,2-8H2,1H3,(H,15,19)(H,16,17,18). The Kier molecular flexibility index (Phi) is 4.72. The average molecular weight is 283 g/mol. The number of imide groups is 1. The molecule has 3 N–H and O–H groups in total. The number of piperidine rings is 2. The van der Waals surface area contributed by atoms with Crippen molar-refractivity contribution in [3.63, 3.8) is 0 Å². The van der Waals surface area contributed by atoms with Crippen LogP contribution in [0.3, 0.4) is 0 Å². The van der Waals surface area contributed by atoms with E-state index in [1.54, 1.807) is 7.11 Å². The van der Waals surface area contributed by atoms with Gasteiger partial charge in [-0.25, -0.2) is 0 Å². The molecule has 2 aliphatic rings. The van der Waals surface area contributed by atoms with Gasteiger partial charge in [-0.1, -0.05) is 0 Å². The minimum Gasteiger partial charge on any atom is -0.384 e. The third-order valence-corrected chi connectivity index (χ3v) is 4.01. The number of rotatable bonds is 4. The van der Waals surface area contributed by atoms with Gasteiger partial charge in [0, 0.05) is 13.5 Å². The molecule has 20 heavy (non-hydrogen) atoms. The van der Waals surface area contributed by atoms with Crippen LogP contribution in [0.2, 0.25) is 0 Å². The fraction of sp³-hybridized carbons (Fsp3) is 0.769. The predicted octanol–water partition coefficient (Wildman–Crippen LogP) is -1.08. The van der Waals surface area contributed by atoms with Crippen LogP contribution < -0.4 is 16.0 Å². The second-order valence-corrected chi connectivity index (χ2v) is 5.44. The Balaban J connectivity index is 2.01. The number of hydrogen-bond acceptors (Lipinski definition) is 5. The maximum Gasteiger partial charge on any atom is 0.249 e. The molecule has 1 unspecified atom stereocenters. The molecule has 2 rings (SSSR count). The molecule has 7 nitrogen and oxygen atoms in total. The number of methoxy groups -OCH3 is 1. The lowest BCUT2D eigenvalue weighted by molar-refractivity contribution is -0.142. The van der Waals surface area contributed by atoms with Crippen LogP contribution in [-0.2, 0) is 19.1 Å². The Hall–Kier alpha value is -1.47. The molecule has 1 atom stereocenters. The van der Waals surface area contributed by atoms with Gasteiger partial charge in [-0.15, -0.1) is 0 Å². The van der Waals surface area contributed by atoms with Gasteiger partial charge in [-0.2, -0.15) is 0 Å². The Labute approximate surface area is 117 Å². The van der Waals surface area contributed by atoms with Gasteiger partial charge in [-0.05, 0) is 32.4 Å². The van der Waals surface area contributed by atoms with Crippen LogP contribution in [-0.4, -0.2) is 50.6 Å². The minimum atomic E-state index is -0.621. The molecular weight excluding hydrogens is 262 g/mol. The van der Waals surface area contributed by atoms with E-state index in [4.69, 9.17) is 4.74 Å². The Morgan fingerprint density at radius 3 is 2.70 bits per heavy atom. The number of nitrogens with one attached hydrogen (secondary N) is 3. The van der Waals surface area contributed by atoms with Gasteiger partial charge in [0.2, 0.25) is 17.7 Å². The summed E-state index contributed by atoms with van der Waals surface area (Å²) >= 11 is 0. The first kappa shape index (κ1) is 14.9. The van der Waals surface area contributed by atoms with Crippen molar-refractivity contribution in [3.8, 4) is 0 Å². The third-order valence-electron chi connectivity index (χ3n) is 4.01. The van der Waals surface area contributed by atoms with Gasteiger partial charge >= 0.3 is 0 Å². The van der Waals surface area contributed by atoms with E-state index in [0.29, 0.717) is 25.9 Å². The van der Waals surface area contributed by atoms with Crippen molar-refractivity contribution in [2.45, 2.75) is 31.7 Å². The topological polar surface area (TPSA) is 96.5 Å². The molecule has 0 aromatic heterocycles. The van der Waals surface area contributed by atoms with Crippen molar-refractivity contribution < 1.29 is 19.1 Å². The number of ether oxygens (including phenoxy) is 1. The van der Waals surface area contributed by atoms with Gasteiger partial charge in [-0.3, -0.25) is 19.7 Å². The van der Waals surface area contributed by atoms with E-state index < -0.39 is 17.4 Å². The van der Waals surface area contributed by atoms with E-state index in [9.17, 15) is 14.4 Å². The van der Waals surface area contributed by atoms with Crippen molar-refractivity contribution in [2.75, 3.05) is 26.8 Å². The van der Waals surface area contributed by atoms with E-state index in [1.165, 1.54) is 0 Å². The normalized spacial score (nSPS) is 25.9. The summed E-state index contributed by atoms with van der Waals surface area (Å²) in [6, 6.07) is -0.621. The molecule has 0 aromatic rings. The second-order valence-electron chi connectivity index (χ2n) is 5.44. The van der Waals surface area contributed by atoms with Gasteiger partial charge < -0.3 is 15.4 Å². The van der Waals surface area contributed by atoms with Gasteiger partial charge in [0.05, 0.1) is 12.0 Å². The first-order chi connectivity index (χ1) is 9.57. The summed E-state index contributed by atoms with van der Waals surface area (Å²) in [6.07, 6.45) is 1.98. The molecule has 0 radical (unpaired) electrons. The van der Waals surface area contributed by atoms with Gasteiger partial charge in [0.25, 0.3) is 0 Å². The van der Waals surface area contributed by atoms with Crippen molar-refractivity contribution in [1.29, 1.82) is 0 Å². The highest BCUT2D eigenvalue weighted by atomic mass is 16.5. The summed E-state index contributed by atoms with van der Waals surface area (Å²) in [6.45, 7) is 1.85. The molecule has 0 aromatic carbocycles. The van der Waals surface area contributed by atoms with E-state index >= 15 is 0 Å². The summed E-state index contributed by atoms with van der Waals surface area (Å²) in [5.74, 6) is -0.861. The van der Waals surface area contributed by atoms with Crippen LogP contribution in [0.1, 0.15) is 25.7 Å². The molecule has 112 valence electrons. The molecule has 2 saturated heterocycles. The van der Waals surface area contributed by atoms with E-state index in [1.807, 2.05) is 0 Å². The number of carbonyl (C=O) groups is 3. The molecule has 2 heterocycles. The average Bonchev–Trinajstić information content (AvgIpc) is 2.43. The molecular formula is C13H21N3O4. The summed E-state index contributed by atoms with van der Waals surface area (Å²) in [4.78, 5) is 35.3. The Morgan fingerprint density at radius 2 is 2.10 bits per heavy atom.